The highest BCUT2D eigenvalue weighted by Crippen LogP contribution is 2.19. The molecule has 1 N–H and O–H groups in total. The third kappa shape index (κ3) is 4.23. The van der Waals surface area contributed by atoms with Crippen LogP contribution in [0.5, 0.6) is 5.75 Å². The lowest BCUT2D eigenvalue weighted by atomic mass is 10.2. The number of nitriles is 1. The third-order valence-electron chi connectivity index (χ3n) is 2.78. The minimum atomic E-state index is -3.52. The summed E-state index contributed by atoms with van der Waals surface area (Å²) in [4.78, 5) is 0. The zero-order valence-electron chi connectivity index (χ0n) is 11.4. The fourth-order valence-electron chi connectivity index (χ4n) is 1.80. The summed E-state index contributed by atoms with van der Waals surface area (Å²) in [5, 5.41) is 8.71. The maximum Gasteiger partial charge on any atom is 0.236 e. The Kier molecular flexibility index (Phi) is 4.45. The largest absolute Gasteiger partial charge is 0.497 e. The number of nitrogens with zero attached hydrogens (tertiary/aromatic N) is 1. The summed E-state index contributed by atoms with van der Waals surface area (Å²) in [5.41, 5.74) is 1.56. The predicted octanol–water partition coefficient (Wildman–Crippen LogP) is 2.51. The maximum atomic E-state index is 12.1. The van der Waals surface area contributed by atoms with E-state index in [-0.39, 0.29) is 5.75 Å². The van der Waals surface area contributed by atoms with Gasteiger partial charge in [0.15, 0.2) is 0 Å². The van der Waals surface area contributed by atoms with Gasteiger partial charge in [0.2, 0.25) is 10.0 Å². The van der Waals surface area contributed by atoms with Crippen molar-refractivity contribution in [2.24, 2.45) is 0 Å². The molecule has 0 spiro atoms. The van der Waals surface area contributed by atoms with Gasteiger partial charge >= 0.3 is 0 Å². The number of hydrogen-bond donors (Lipinski definition) is 1. The van der Waals surface area contributed by atoms with Gasteiger partial charge in [0.05, 0.1) is 30.2 Å². The van der Waals surface area contributed by atoms with Crippen LogP contribution in [-0.2, 0) is 15.8 Å². The molecule has 0 radical (unpaired) electrons. The summed E-state index contributed by atoms with van der Waals surface area (Å²) in [6.07, 6.45) is 0. The lowest BCUT2D eigenvalue weighted by Gasteiger charge is -2.09. The fourth-order valence-corrected chi connectivity index (χ4v) is 2.99. The van der Waals surface area contributed by atoms with E-state index in [4.69, 9.17) is 10.00 Å². The number of methoxy groups -OCH3 is 1. The molecule has 6 heteroatoms. The first-order chi connectivity index (χ1) is 10.0. The summed E-state index contributed by atoms with van der Waals surface area (Å²) in [5.74, 6) is 0.421. The van der Waals surface area contributed by atoms with Gasteiger partial charge in [-0.2, -0.15) is 5.26 Å². The fraction of sp³-hybridized carbons (Fsp3) is 0.133. The number of rotatable bonds is 5. The maximum absolute atomic E-state index is 12.1. The molecule has 2 rings (SSSR count). The van der Waals surface area contributed by atoms with Crippen LogP contribution in [0.4, 0.5) is 5.69 Å². The SMILES string of the molecule is COc1cccc(NS(=O)(=O)Cc2ccc(C#N)cc2)c1. The second-order valence-electron chi connectivity index (χ2n) is 4.40. The highest BCUT2D eigenvalue weighted by molar-refractivity contribution is 7.91. The van der Waals surface area contributed by atoms with Gasteiger partial charge in [0, 0.05) is 6.07 Å². The quantitative estimate of drug-likeness (QED) is 0.920. The molecular formula is C15H14N2O3S. The molecule has 0 bridgehead atoms. The average molecular weight is 302 g/mol. The number of ether oxygens (including phenoxy) is 1. The Morgan fingerprint density at radius 3 is 2.52 bits per heavy atom. The minimum Gasteiger partial charge on any atom is -0.497 e. The molecule has 21 heavy (non-hydrogen) atoms. The molecule has 5 nitrogen and oxygen atoms in total. The van der Waals surface area contributed by atoms with E-state index in [2.05, 4.69) is 4.72 Å². The summed E-state index contributed by atoms with van der Waals surface area (Å²) in [6, 6.07) is 15.1. The first-order valence-electron chi connectivity index (χ1n) is 6.16. The van der Waals surface area contributed by atoms with E-state index < -0.39 is 10.0 Å². The van der Waals surface area contributed by atoms with Gasteiger partial charge in [-0.15, -0.1) is 0 Å². The van der Waals surface area contributed by atoms with Crippen LogP contribution >= 0.6 is 0 Å². The lowest BCUT2D eigenvalue weighted by Crippen LogP contribution is -2.15. The van der Waals surface area contributed by atoms with Crippen LogP contribution in [0.15, 0.2) is 48.5 Å². The smallest absolute Gasteiger partial charge is 0.236 e. The normalized spacial score (nSPS) is 10.7. The molecule has 0 saturated heterocycles. The van der Waals surface area contributed by atoms with Gasteiger partial charge < -0.3 is 4.74 Å². The number of sulfonamides is 1. The van der Waals surface area contributed by atoms with E-state index in [9.17, 15) is 8.42 Å². The summed E-state index contributed by atoms with van der Waals surface area (Å²) in [7, 11) is -2.00. The standard InChI is InChI=1S/C15H14N2O3S/c1-20-15-4-2-3-14(9-15)17-21(18,19)11-13-7-5-12(10-16)6-8-13/h2-9,17H,11H2,1H3. The Labute approximate surface area is 123 Å². The first-order valence-corrected chi connectivity index (χ1v) is 7.81. The summed E-state index contributed by atoms with van der Waals surface area (Å²) in [6.45, 7) is 0. The molecule has 0 saturated carbocycles. The molecule has 2 aromatic rings. The molecule has 2 aromatic carbocycles. The lowest BCUT2D eigenvalue weighted by molar-refractivity contribution is 0.415. The Hall–Kier alpha value is -2.52. The topological polar surface area (TPSA) is 79.2 Å². The average Bonchev–Trinajstić information content (AvgIpc) is 2.47. The van der Waals surface area contributed by atoms with Gasteiger partial charge in [0.25, 0.3) is 0 Å². The van der Waals surface area contributed by atoms with Crippen LogP contribution in [-0.4, -0.2) is 15.5 Å². The van der Waals surface area contributed by atoms with E-state index in [0.29, 0.717) is 22.6 Å². The van der Waals surface area contributed by atoms with E-state index in [1.807, 2.05) is 6.07 Å². The second-order valence-corrected chi connectivity index (χ2v) is 6.12. The van der Waals surface area contributed by atoms with Gasteiger partial charge in [-0.1, -0.05) is 18.2 Å². The Morgan fingerprint density at radius 1 is 1.19 bits per heavy atom. The van der Waals surface area contributed by atoms with Gasteiger partial charge in [-0.25, -0.2) is 8.42 Å². The molecule has 0 aliphatic carbocycles. The zero-order chi connectivity index (χ0) is 15.3. The molecule has 108 valence electrons. The van der Waals surface area contributed by atoms with Crippen LogP contribution in [0.2, 0.25) is 0 Å². The van der Waals surface area contributed by atoms with Crippen molar-refractivity contribution >= 4 is 15.7 Å². The molecule has 0 atom stereocenters. The van der Waals surface area contributed by atoms with Crippen molar-refractivity contribution in [2.45, 2.75) is 5.75 Å². The van der Waals surface area contributed by atoms with Gasteiger partial charge in [-0.3, -0.25) is 4.72 Å². The minimum absolute atomic E-state index is 0.157. The van der Waals surface area contributed by atoms with Crippen molar-refractivity contribution < 1.29 is 13.2 Å². The van der Waals surface area contributed by atoms with Crippen LogP contribution < -0.4 is 9.46 Å². The van der Waals surface area contributed by atoms with Crippen LogP contribution in [0.1, 0.15) is 11.1 Å². The van der Waals surface area contributed by atoms with Gasteiger partial charge in [0.1, 0.15) is 5.75 Å². The highest BCUT2D eigenvalue weighted by atomic mass is 32.2. The molecule has 0 aliphatic rings. The van der Waals surface area contributed by atoms with Crippen molar-refractivity contribution in [3.8, 4) is 11.8 Å². The second kappa shape index (κ2) is 6.29. The number of anilines is 1. The molecular weight excluding hydrogens is 288 g/mol. The number of benzene rings is 2. The van der Waals surface area contributed by atoms with Crippen LogP contribution in [0, 0.1) is 11.3 Å². The van der Waals surface area contributed by atoms with Crippen molar-refractivity contribution in [1.29, 1.82) is 5.26 Å². The number of hydrogen-bond acceptors (Lipinski definition) is 4. The summed E-state index contributed by atoms with van der Waals surface area (Å²) >= 11 is 0. The molecule has 0 aliphatic heterocycles. The molecule has 0 fully saturated rings. The summed E-state index contributed by atoms with van der Waals surface area (Å²) < 4.78 is 31.8. The molecule has 0 heterocycles. The van der Waals surface area contributed by atoms with Gasteiger partial charge in [-0.05, 0) is 29.8 Å². The Balaban J connectivity index is 2.12. The Bertz CT molecular complexity index is 762. The first kappa shape index (κ1) is 14.9. The van der Waals surface area contributed by atoms with Crippen molar-refractivity contribution in [1.82, 2.24) is 0 Å². The van der Waals surface area contributed by atoms with Crippen molar-refractivity contribution in [2.75, 3.05) is 11.8 Å². The van der Waals surface area contributed by atoms with Crippen LogP contribution in [0.3, 0.4) is 0 Å². The van der Waals surface area contributed by atoms with E-state index in [0.717, 1.165) is 0 Å². The van der Waals surface area contributed by atoms with E-state index in [1.54, 1.807) is 48.5 Å². The number of nitrogens with one attached hydrogen (secondary N) is 1. The molecule has 0 aromatic heterocycles. The van der Waals surface area contributed by atoms with Crippen LogP contribution in [0.25, 0.3) is 0 Å². The predicted molar refractivity (Wildman–Crippen MR) is 80.4 cm³/mol. The zero-order valence-corrected chi connectivity index (χ0v) is 12.2. The Morgan fingerprint density at radius 2 is 1.90 bits per heavy atom. The molecule has 0 unspecified atom stereocenters. The van der Waals surface area contributed by atoms with Crippen molar-refractivity contribution in [3.63, 3.8) is 0 Å². The highest BCUT2D eigenvalue weighted by Gasteiger charge is 2.12. The third-order valence-corrected chi connectivity index (χ3v) is 4.04. The van der Waals surface area contributed by atoms with E-state index >= 15 is 0 Å². The van der Waals surface area contributed by atoms with Crippen molar-refractivity contribution in [3.05, 3.63) is 59.7 Å². The monoisotopic (exact) mass is 302 g/mol. The molecule has 0 amide bonds. The van der Waals surface area contributed by atoms with E-state index in [1.165, 1.54) is 7.11 Å².